The predicted octanol–water partition coefficient (Wildman–Crippen LogP) is 0.722. The molecular weight excluding hydrogens is 244 g/mol. The Bertz CT molecular complexity index is 486. The van der Waals surface area contributed by atoms with E-state index in [9.17, 15) is 10.1 Å². The van der Waals surface area contributed by atoms with Crippen LogP contribution in [0.4, 0.5) is 0 Å². The third kappa shape index (κ3) is 3.06. The third-order valence-corrected chi connectivity index (χ3v) is 3.26. The second-order valence-electron chi connectivity index (χ2n) is 4.64. The molecule has 0 aromatic carbocycles. The zero-order valence-corrected chi connectivity index (χ0v) is 10.8. The molecular formula is C13H16N4O2. The summed E-state index contributed by atoms with van der Waals surface area (Å²) < 4.78 is 5.20. The van der Waals surface area contributed by atoms with Crippen molar-refractivity contribution in [2.45, 2.75) is 26.3 Å². The average Bonchev–Trinajstić information content (AvgIpc) is 2.47. The third-order valence-electron chi connectivity index (χ3n) is 3.26. The number of rotatable bonds is 3. The molecule has 0 aliphatic carbocycles. The van der Waals surface area contributed by atoms with Crippen LogP contribution in [0.2, 0.25) is 0 Å². The van der Waals surface area contributed by atoms with Crippen molar-refractivity contribution in [2.24, 2.45) is 5.41 Å². The van der Waals surface area contributed by atoms with E-state index >= 15 is 0 Å². The van der Waals surface area contributed by atoms with Gasteiger partial charge in [0.25, 0.3) is 0 Å². The van der Waals surface area contributed by atoms with Gasteiger partial charge in [0.05, 0.1) is 30.2 Å². The van der Waals surface area contributed by atoms with Gasteiger partial charge in [-0.3, -0.25) is 14.8 Å². The molecule has 1 N–H and O–H groups in total. The lowest BCUT2D eigenvalue weighted by atomic mass is 9.81. The molecule has 1 saturated heterocycles. The van der Waals surface area contributed by atoms with E-state index in [1.54, 1.807) is 12.4 Å². The van der Waals surface area contributed by atoms with E-state index in [2.05, 4.69) is 21.4 Å². The Balaban J connectivity index is 1.96. The summed E-state index contributed by atoms with van der Waals surface area (Å²) in [4.78, 5) is 20.4. The molecule has 6 nitrogen and oxygen atoms in total. The summed E-state index contributed by atoms with van der Waals surface area (Å²) in [7, 11) is 0. The van der Waals surface area contributed by atoms with Crippen LogP contribution in [-0.2, 0) is 16.1 Å². The number of hydrogen-bond donors (Lipinski definition) is 1. The topological polar surface area (TPSA) is 87.9 Å². The molecule has 0 bridgehead atoms. The fourth-order valence-electron chi connectivity index (χ4n) is 1.96. The van der Waals surface area contributed by atoms with E-state index < -0.39 is 5.41 Å². The van der Waals surface area contributed by atoms with Gasteiger partial charge in [-0.25, -0.2) is 0 Å². The van der Waals surface area contributed by atoms with Crippen molar-refractivity contribution in [2.75, 3.05) is 13.2 Å². The number of nitriles is 1. The highest BCUT2D eigenvalue weighted by molar-refractivity contribution is 5.85. The number of amides is 1. The van der Waals surface area contributed by atoms with Crippen molar-refractivity contribution >= 4 is 5.91 Å². The monoisotopic (exact) mass is 260 g/mol. The van der Waals surface area contributed by atoms with Gasteiger partial charge in [-0.1, -0.05) is 0 Å². The Morgan fingerprint density at radius 3 is 2.79 bits per heavy atom. The van der Waals surface area contributed by atoms with Crippen molar-refractivity contribution in [3.05, 3.63) is 23.8 Å². The van der Waals surface area contributed by atoms with Crippen LogP contribution >= 0.6 is 0 Å². The highest BCUT2D eigenvalue weighted by Gasteiger charge is 2.40. The van der Waals surface area contributed by atoms with Crippen molar-refractivity contribution in [3.8, 4) is 6.07 Å². The highest BCUT2D eigenvalue weighted by Crippen LogP contribution is 2.29. The molecule has 0 atom stereocenters. The van der Waals surface area contributed by atoms with Gasteiger partial charge >= 0.3 is 0 Å². The van der Waals surface area contributed by atoms with E-state index in [4.69, 9.17) is 4.74 Å². The first-order valence-electron chi connectivity index (χ1n) is 6.21. The Kier molecular flexibility index (Phi) is 4.07. The zero-order chi connectivity index (χ0) is 13.7. The molecule has 0 spiro atoms. The number of nitrogens with one attached hydrogen (secondary N) is 1. The van der Waals surface area contributed by atoms with E-state index in [1.165, 1.54) is 0 Å². The molecule has 0 saturated carbocycles. The van der Waals surface area contributed by atoms with Crippen LogP contribution in [0.3, 0.4) is 0 Å². The summed E-state index contributed by atoms with van der Waals surface area (Å²) in [6.07, 6.45) is 4.15. The lowest BCUT2D eigenvalue weighted by molar-refractivity contribution is -0.132. The number of ether oxygens (including phenoxy) is 1. The number of carbonyl (C=O) groups is 1. The second kappa shape index (κ2) is 5.76. The fraction of sp³-hybridized carbons (Fsp3) is 0.538. The molecule has 1 aromatic rings. The second-order valence-corrected chi connectivity index (χ2v) is 4.64. The van der Waals surface area contributed by atoms with Gasteiger partial charge in [0.2, 0.25) is 5.91 Å². The van der Waals surface area contributed by atoms with Crippen LogP contribution in [0.5, 0.6) is 0 Å². The number of carbonyl (C=O) groups excluding carboxylic acids is 1. The molecule has 1 aromatic heterocycles. The Morgan fingerprint density at radius 2 is 2.21 bits per heavy atom. The van der Waals surface area contributed by atoms with E-state index in [-0.39, 0.29) is 12.5 Å². The summed E-state index contributed by atoms with van der Waals surface area (Å²) in [5.41, 5.74) is 0.545. The SMILES string of the molecule is Cc1cnc(CNC(=O)C2(C#N)CCOCC2)cn1. The molecule has 0 radical (unpaired) electrons. The highest BCUT2D eigenvalue weighted by atomic mass is 16.5. The molecule has 6 heteroatoms. The van der Waals surface area contributed by atoms with Crippen LogP contribution in [-0.4, -0.2) is 29.1 Å². The maximum atomic E-state index is 12.2. The first kappa shape index (κ1) is 13.4. The van der Waals surface area contributed by atoms with Crippen LogP contribution in [0.1, 0.15) is 24.2 Å². The number of hydrogen-bond acceptors (Lipinski definition) is 5. The summed E-state index contributed by atoms with van der Waals surface area (Å²) in [6.45, 7) is 3.04. The summed E-state index contributed by atoms with van der Waals surface area (Å²) in [5, 5.41) is 12.0. The summed E-state index contributed by atoms with van der Waals surface area (Å²) in [6, 6.07) is 2.13. The van der Waals surface area contributed by atoms with E-state index in [1.807, 2.05) is 6.92 Å². The summed E-state index contributed by atoms with van der Waals surface area (Å²) >= 11 is 0. The minimum atomic E-state index is -0.962. The predicted molar refractivity (Wildman–Crippen MR) is 66.7 cm³/mol. The normalized spacial score (nSPS) is 17.5. The molecule has 100 valence electrons. The average molecular weight is 260 g/mol. The number of aromatic nitrogens is 2. The minimum Gasteiger partial charge on any atom is -0.381 e. The van der Waals surface area contributed by atoms with Crippen LogP contribution in [0.25, 0.3) is 0 Å². The van der Waals surface area contributed by atoms with Gasteiger partial charge in [0, 0.05) is 19.4 Å². The quantitative estimate of drug-likeness (QED) is 0.865. The Hall–Kier alpha value is -2.00. The standard InChI is InChI=1S/C13H16N4O2/c1-10-6-16-11(7-15-10)8-17-12(18)13(9-14)2-4-19-5-3-13/h6-7H,2-5,8H2,1H3,(H,17,18). The number of aryl methyl sites for hydroxylation is 1. The van der Waals surface area contributed by atoms with Crippen molar-refractivity contribution in [3.63, 3.8) is 0 Å². The molecule has 1 amide bonds. The van der Waals surface area contributed by atoms with Gasteiger partial charge in [-0.15, -0.1) is 0 Å². The molecule has 1 aliphatic rings. The molecule has 0 unspecified atom stereocenters. The summed E-state index contributed by atoms with van der Waals surface area (Å²) in [5.74, 6) is -0.249. The van der Waals surface area contributed by atoms with Gasteiger partial charge in [0.1, 0.15) is 5.41 Å². The van der Waals surface area contributed by atoms with Gasteiger partial charge in [0.15, 0.2) is 0 Å². The van der Waals surface area contributed by atoms with E-state index in [0.29, 0.717) is 31.7 Å². The van der Waals surface area contributed by atoms with Crippen LogP contribution in [0.15, 0.2) is 12.4 Å². The Labute approximate surface area is 111 Å². The van der Waals surface area contributed by atoms with Gasteiger partial charge in [-0.2, -0.15) is 5.26 Å². The van der Waals surface area contributed by atoms with Crippen LogP contribution < -0.4 is 5.32 Å². The molecule has 2 heterocycles. The first-order chi connectivity index (χ1) is 9.16. The Morgan fingerprint density at radius 1 is 1.47 bits per heavy atom. The zero-order valence-electron chi connectivity index (χ0n) is 10.8. The molecule has 1 fully saturated rings. The van der Waals surface area contributed by atoms with Crippen molar-refractivity contribution in [1.29, 1.82) is 5.26 Å². The molecule has 2 rings (SSSR count). The fourth-order valence-corrected chi connectivity index (χ4v) is 1.96. The molecule has 19 heavy (non-hydrogen) atoms. The van der Waals surface area contributed by atoms with E-state index in [0.717, 1.165) is 5.69 Å². The first-order valence-corrected chi connectivity index (χ1v) is 6.21. The smallest absolute Gasteiger partial charge is 0.240 e. The van der Waals surface area contributed by atoms with Crippen molar-refractivity contribution < 1.29 is 9.53 Å². The van der Waals surface area contributed by atoms with Crippen molar-refractivity contribution in [1.82, 2.24) is 15.3 Å². The largest absolute Gasteiger partial charge is 0.381 e. The maximum absolute atomic E-state index is 12.2. The molecule has 1 aliphatic heterocycles. The lowest BCUT2D eigenvalue weighted by Gasteiger charge is -2.29. The number of nitrogens with zero attached hydrogens (tertiary/aromatic N) is 3. The lowest BCUT2D eigenvalue weighted by Crippen LogP contribution is -2.43. The minimum absolute atomic E-state index is 0.249. The van der Waals surface area contributed by atoms with Gasteiger partial charge in [-0.05, 0) is 19.8 Å². The maximum Gasteiger partial charge on any atom is 0.240 e. The van der Waals surface area contributed by atoms with Crippen LogP contribution in [0, 0.1) is 23.7 Å². The van der Waals surface area contributed by atoms with Gasteiger partial charge < -0.3 is 10.1 Å².